The van der Waals surface area contributed by atoms with Crippen LogP contribution in [0.3, 0.4) is 0 Å². The highest BCUT2D eigenvalue weighted by molar-refractivity contribution is 9.10. The van der Waals surface area contributed by atoms with Gasteiger partial charge in [-0.1, -0.05) is 22.0 Å². The minimum Gasteiger partial charge on any atom is -0.353 e. The molecule has 146 valence electrons. The summed E-state index contributed by atoms with van der Waals surface area (Å²) < 4.78 is 28.3. The minimum absolute atomic E-state index is 0.329. The van der Waals surface area contributed by atoms with Gasteiger partial charge in [0.15, 0.2) is 0 Å². The Kier molecular flexibility index (Phi) is 4.65. The first kappa shape index (κ1) is 18.5. The van der Waals surface area contributed by atoms with Crippen molar-refractivity contribution in [2.24, 2.45) is 0 Å². The molecule has 5 rings (SSSR count). The standard InChI is InChI=1S/C19H19BrN4O2S2/c20-13-3-1-4-14(11-13)28(25,26)24-9-7-23(8-10-24)18-17-15-5-2-6-16(15)27-19(17)22-12-21-18/h1,3-4,11-12H,2,5-10H2. The summed E-state index contributed by atoms with van der Waals surface area (Å²) in [7, 11) is -3.49. The maximum absolute atomic E-state index is 13.0. The summed E-state index contributed by atoms with van der Waals surface area (Å²) in [5.74, 6) is 0.962. The van der Waals surface area contributed by atoms with Crippen molar-refractivity contribution in [3.63, 3.8) is 0 Å². The van der Waals surface area contributed by atoms with E-state index in [4.69, 9.17) is 0 Å². The Morgan fingerprint density at radius 2 is 1.89 bits per heavy atom. The lowest BCUT2D eigenvalue weighted by molar-refractivity contribution is 0.384. The molecule has 0 radical (unpaired) electrons. The molecule has 28 heavy (non-hydrogen) atoms. The fraction of sp³-hybridized carbons (Fsp3) is 0.368. The lowest BCUT2D eigenvalue weighted by Gasteiger charge is -2.35. The number of piperazine rings is 1. The molecule has 0 bridgehead atoms. The number of halogens is 1. The lowest BCUT2D eigenvalue weighted by Crippen LogP contribution is -2.49. The molecule has 0 spiro atoms. The van der Waals surface area contributed by atoms with Gasteiger partial charge in [-0.05, 0) is 43.0 Å². The predicted molar refractivity (Wildman–Crippen MR) is 115 cm³/mol. The molecule has 6 nitrogen and oxygen atoms in total. The number of aromatic nitrogens is 2. The fourth-order valence-electron chi connectivity index (χ4n) is 4.07. The number of benzene rings is 1. The van der Waals surface area contributed by atoms with E-state index in [1.54, 1.807) is 40.2 Å². The van der Waals surface area contributed by atoms with Crippen LogP contribution >= 0.6 is 27.3 Å². The number of anilines is 1. The number of thiophene rings is 1. The second-order valence-electron chi connectivity index (χ2n) is 7.08. The average molecular weight is 479 g/mol. The lowest BCUT2D eigenvalue weighted by atomic mass is 10.1. The number of rotatable bonds is 3. The van der Waals surface area contributed by atoms with E-state index in [0.29, 0.717) is 31.1 Å². The van der Waals surface area contributed by atoms with E-state index in [0.717, 1.165) is 28.0 Å². The highest BCUT2D eigenvalue weighted by Gasteiger charge is 2.31. The van der Waals surface area contributed by atoms with Gasteiger partial charge in [-0.3, -0.25) is 0 Å². The van der Waals surface area contributed by atoms with E-state index < -0.39 is 10.0 Å². The zero-order valence-corrected chi connectivity index (χ0v) is 18.4. The number of nitrogens with zero attached hydrogens (tertiary/aromatic N) is 4. The molecule has 1 aliphatic carbocycles. The molecular formula is C19H19BrN4O2S2. The van der Waals surface area contributed by atoms with E-state index in [-0.39, 0.29) is 0 Å². The number of fused-ring (bicyclic) bond motifs is 3. The van der Waals surface area contributed by atoms with Crippen LogP contribution in [0.4, 0.5) is 5.82 Å². The van der Waals surface area contributed by atoms with Gasteiger partial charge in [-0.2, -0.15) is 4.31 Å². The van der Waals surface area contributed by atoms with Crippen LogP contribution in [-0.2, 0) is 22.9 Å². The zero-order valence-electron chi connectivity index (χ0n) is 15.1. The van der Waals surface area contributed by atoms with Crippen LogP contribution in [0.15, 0.2) is 40.0 Å². The molecule has 0 atom stereocenters. The van der Waals surface area contributed by atoms with E-state index in [9.17, 15) is 8.42 Å². The van der Waals surface area contributed by atoms with Crippen LogP contribution in [0.5, 0.6) is 0 Å². The van der Waals surface area contributed by atoms with E-state index in [1.807, 2.05) is 6.07 Å². The molecule has 3 heterocycles. The summed E-state index contributed by atoms with van der Waals surface area (Å²) in [6.45, 7) is 2.16. The van der Waals surface area contributed by atoms with Gasteiger partial charge in [-0.25, -0.2) is 18.4 Å². The first-order valence-corrected chi connectivity index (χ1v) is 12.3. The van der Waals surface area contributed by atoms with Crippen molar-refractivity contribution in [3.05, 3.63) is 45.5 Å². The maximum Gasteiger partial charge on any atom is 0.243 e. The van der Waals surface area contributed by atoms with Crippen LogP contribution in [0, 0.1) is 0 Å². The predicted octanol–water partition coefficient (Wildman–Crippen LogP) is 3.45. The first-order valence-electron chi connectivity index (χ1n) is 9.30. The molecule has 0 N–H and O–H groups in total. The second kappa shape index (κ2) is 7.05. The Balaban J connectivity index is 1.40. The third-order valence-corrected chi connectivity index (χ3v) is 9.04. The van der Waals surface area contributed by atoms with Crippen molar-refractivity contribution in [1.82, 2.24) is 14.3 Å². The van der Waals surface area contributed by atoms with Crippen LogP contribution in [0.2, 0.25) is 0 Å². The minimum atomic E-state index is -3.49. The van der Waals surface area contributed by atoms with Crippen molar-refractivity contribution in [3.8, 4) is 0 Å². The molecule has 9 heteroatoms. The topological polar surface area (TPSA) is 66.4 Å². The molecule has 2 aromatic heterocycles. The Morgan fingerprint density at radius 1 is 1.07 bits per heavy atom. The van der Waals surface area contributed by atoms with Crippen molar-refractivity contribution >= 4 is 53.3 Å². The van der Waals surface area contributed by atoms with Crippen molar-refractivity contribution in [2.75, 3.05) is 31.1 Å². The SMILES string of the molecule is O=S(=O)(c1cccc(Br)c1)N1CCN(c2ncnc3sc4c(c23)CCC4)CC1. The third kappa shape index (κ3) is 3.04. The van der Waals surface area contributed by atoms with Crippen LogP contribution in [0.1, 0.15) is 16.9 Å². The third-order valence-electron chi connectivity index (χ3n) is 5.45. The number of hydrogen-bond donors (Lipinski definition) is 0. The smallest absolute Gasteiger partial charge is 0.243 e. The van der Waals surface area contributed by atoms with Gasteiger partial charge in [0.05, 0.1) is 10.3 Å². The first-order chi connectivity index (χ1) is 13.5. The number of sulfonamides is 1. The largest absolute Gasteiger partial charge is 0.353 e. The van der Waals surface area contributed by atoms with Gasteiger partial charge < -0.3 is 4.90 Å². The van der Waals surface area contributed by atoms with Gasteiger partial charge in [0, 0.05) is 35.5 Å². The van der Waals surface area contributed by atoms with E-state index in [2.05, 4.69) is 30.8 Å². The van der Waals surface area contributed by atoms with Gasteiger partial charge in [-0.15, -0.1) is 11.3 Å². The highest BCUT2D eigenvalue weighted by Crippen LogP contribution is 2.40. The summed E-state index contributed by atoms with van der Waals surface area (Å²) >= 11 is 5.14. The van der Waals surface area contributed by atoms with Crippen LogP contribution < -0.4 is 4.90 Å². The van der Waals surface area contributed by atoms with Crippen LogP contribution in [-0.4, -0.2) is 48.9 Å². The van der Waals surface area contributed by atoms with E-state index in [1.165, 1.54) is 22.2 Å². The van der Waals surface area contributed by atoms with Crippen molar-refractivity contribution in [1.29, 1.82) is 0 Å². The monoisotopic (exact) mass is 478 g/mol. The Hall–Kier alpha value is -1.55. The number of aryl methyl sites for hydroxylation is 2. The zero-order chi connectivity index (χ0) is 19.3. The Bertz CT molecular complexity index is 1150. The summed E-state index contributed by atoms with van der Waals surface area (Å²) in [5, 5.41) is 1.18. The molecule has 1 fully saturated rings. The van der Waals surface area contributed by atoms with Crippen molar-refractivity contribution < 1.29 is 8.42 Å². The van der Waals surface area contributed by atoms with Crippen LogP contribution in [0.25, 0.3) is 10.2 Å². The molecule has 2 aliphatic rings. The van der Waals surface area contributed by atoms with E-state index >= 15 is 0 Å². The molecular weight excluding hydrogens is 460 g/mol. The molecule has 1 aromatic carbocycles. The Labute approximate surface area is 176 Å². The van der Waals surface area contributed by atoms with Crippen molar-refractivity contribution in [2.45, 2.75) is 24.2 Å². The van der Waals surface area contributed by atoms with Gasteiger partial charge in [0.25, 0.3) is 0 Å². The normalized spacial score (nSPS) is 18.0. The molecule has 0 saturated carbocycles. The molecule has 0 unspecified atom stereocenters. The summed E-state index contributed by atoms with van der Waals surface area (Å²) in [6.07, 6.45) is 5.05. The summed E-state index contributed by atoms with van der Waals surface area (Å²) in [6, 6.07) is 6.89. The summed E-state index contributed by atoms with van der Waals surface area (Å²) in [5.41, 5.74) is 1.40. The molecule has 1 aliphatic heterocycles. The second-order valence-corrected chi connectivity index (χ2v) is 11.0. The fourth-order valence-corrected chi connectivity index (χ4v) is 7.31. The summed E-state index contributed by atoms with van der Waals surface area (Å²) in [4.78, 5) is 14.1. The average Bonchev–Trinajstić information content (AvgIpc) is 3.29. The van der Waals surface area contributed by atoms with Gasteiger partial charge >= 0.3 is 0 Å². The van der Waals surface area contributed by atoms with Gasteiger partial charge in [0.2, 0.25) is 10.0 Å². The molecule has 0 amide bonds. The maximum atomic E-state index is 13.0. The highest BCUT2D eigenvalue weighted by atomic mass is 79.9. The number of hydrogen-bond acceptors (Lipinski definition) is 6. The van der Waals surface area contributed by atoms with Gasteiger partial charge in [0.1, 0.15) is 17.0 Å². The molecule has 1 saturated heterocycles. The quantitative estimate of drug-likeness (QED) is 0.576. The molecule has 3 aromatic rings. The Morgan fingerprint density at radius 3 is 2.68 bits per heavy atom.